The summed E-state index contributed by atoms with van der Waals surface area (Å²) >= 11 is 3.24. The van der Waals surface area contributed by atoms with Crippen LogP contribution in [0.1, 0.15) is 13.3 Å². The predicted octanol–water partition coefficient (Wildman–Crippen LogP) is 1.92. The smallest absolute Gasteiger partial charge is 0.131 e. The number of allylic oxidation sites excluding steroid dienone is 1. The lowest BCUT2D eigenvalue weighted by Crippen LogP contribution is -1.99. The predicted molar refractivity (Wildman–Crippen MR) is 38.2 cm³/mol. The number of carbonyl (C=O) groups excluding carboxylic acids is 1. The van der Waals surface area contributed by atoms with Crippen molar-refractivity contribution in [3.63, 3.8) is 0 Å². The fraction of sp³-hybridized carbons (Fsp3) is 0.500. The van der Waals surface area contributed by atoms with Crippen LogP contribution in [-0.4, -0.2) is 10.6 Å². The van der Waals surface area contributed by atoms with Crippen molar-refractivity contribution in [2.24, 2.45) is 0 Å². The molecule has 0 aliphatic heterocycles. The molecule has 0 bridgehead atoms. The largest absolute Gasteiger partial charge is 0.300 e. The van der Waals surface area contributed by atoms with Crippen LogP contribution in [0.4, 0.5) is 0 Å². The Bertz CT molecular complexity index is 98.7. The van der Waals surface area contributed by atoms with Gasteiger partial charge in [0.25, 0.3) is 0 Å². The summed E-state index contributed by atoms with van der Waals surface area (Å²) in [6, 6.07) is 0. The van der Waals surface area contributed by atoms with E-state index in [1.54, 1.807) is 13.0 Å². The van der Waals surface area contributed by atoms with Gasteiger partial charge in [0.1, 0.15) is 5.78 Å². The molecule has 8 heavy (non-hydrogen) atoms. The molecule has 0 aliphatic carbocycles. The molecule has 0 radical (unpaired) electrons. The van der Waals surface area contributed by atoms with Gasteiger partial charge >= 0.3 is 0 Å². The Morgan fingerprint density at radius 2 is 2.50 bits per heavy atom. The van der Waals surface area contributed by atoms with Crippen LogP contribution in [0.25, 0.3) is 0 Å². The Morgan fingerprint density at radius 3 is 2.62 bits per heavy atom. The quantitative estimate of drug-likeness (QED) is 0.475. The third-order valence-electron chi connectivity index (χ3n) is 0.738. The van der Waals surface area contributed by atoms with E-state index in [9.17, 15) is 4.79 Å². The maximum Gasteiger partial charge on any atom is 0.131 e. The summed E-state index contributed by atoms with van der Waals surface area (Å²) in [5.74, 6) is 0.187. The number of carbonyl (C=O) groups is 1. The number of alkyl halides is 1. The van der Waals surface area contributed by atoms with E-state index in [1.165, 1.54) is 0 Å². The van der Waals surface area contributed by atoms with Gasteiger partial charge in [0.05, 0.1) is 0 Å². The van der Waals surface area contributed by atoms with E-state index >= 15 is 0 Å². The Hall–Kier alpha value is -0.110. The summed E-state index contributed by atoms with van der Waals surface area (Å²) in [5.41, 5.74) is 0. The highest BCUT2D eigenvalue weighted by Gasteiger charge is 1.99. The monoisotopic (exact) mass is 176 g/mol. The molecule has 0 aromatic rings. The van der Waals surface area contributed by atoms with Crippen LogP contribution in [0.2, 0.25) is 0 Å². The highest BCUT2D eigenvalue weighted by Crippen LogP contribution is 2.05. The zero-order valence-corrected chi connectivity index (χ0v) is 6.44. The average Bonchev–Trinajstić information content (AvgIpc) is 1.65. The normalized spacial score (nSPS) is 12.8. The number of hydrogen-bond acceptors (Lipinski definition) is 1. The second-order valence-electron chi connectivity index (χ2n) is 1.66. The van der Waals surface area contributed by atoms with Crippen molar-refractivity contribution in [2.45, 2.75) is 18.2 Å². The first-order valence-corrected chi connectivity index (χ1v) is 3.34. The van der Waals surface area contributed by atoms with Crippen molar-refractivity contribution >= 4 is 21.7 Å². The third kappa shape index (κ3) is 4.06. The molecule has 0 saturated heterocycles. The Morgan fingerprint density at radius 1 is 2.00 bits per heavy atom. The van der Waals surface area contributed by atoms with Crippen LogP contribution >= 0.6 is 15.9 Å². The molecule has 2 heteroatoms. The molecule has 46 valence electrons. The van der Waals surface area contributed by atoms with Crippen molar-refractivity contribution in [1.29, 1.82) is 0 Å². The number of Topliss-reactive ketones (excluding diaryl/α,β-unsaturated/α-hetero) is 1. The molecule has 0 saturated carbocycles. The van der Waals surface area contributed by atoms with Crippen LogP contribution in [0.15, 0.2) is 12.7 Å². The number of hydrogen-bond donors (Lipinski definition) is 0. The molecule has 0 aliphatic rings. The lowest BCUT2D eigenvalue weighted by molar-refractivity contribution is -0.116. The molecule has 0 aromatic heterocycles. The summed E-state index contributed by atoms with van der Waals surface area (Å²) in [4.78, 5) is 10.5. The first-order chi connectivity index (χ1) is 3.66. The van der Waals surface area contributed by atoms with Gasteiger partial charge in [-0.1, -0.05) is 22.0 Å². The maximum absolute atomic E-state index is 10.3. The lowest BCUT2D eigenvalue weighted by Gasteiger charge is -1.95. The Balaban J connectivity index is 3.38. The van der Waals surface area contributed by atoms with Gasteiger partial charge in [-0.25, -0.2) is 0 Å². The van der Waals surface area contributed by atoms with Gasteiger partial charge in [0.15, 0.2) is 0 Å². The van der Waals surface area contributed by atoms with Crippen LogP contribution in [0, 0.1) is 0 Å². The molecule has 1 nitrogen and oxygen atoms in total. The summed E-state index contributed by atoms with van der Waals surface area (Å²) < 4.78 is 0. The van der Waals surface area contributed by atoms with Gasteiger partial charge in [0.2, 0.25) is 0 Å². The van der Waals surface area contributed by atoms with Crippen molar-refractivity contribution in [2.75, 3.05) is 0 Å². The highest BCUT2D eigenvalue weighted by molar-refractivity contribution is 9.09. The molecule has 1 atom stereocenters. The molecular weight excluding hydrogens is 168 g/mol. The second kappa shape index (κ2) is 3.84. The molecule has 0 aromatic carbocycles. The van der Waals surface area contributed by atoms with Crippen LogP contribution in [-0.2, 0) is 4.79 Å². The summed E-state index contributed by atoms with van der Waals surface area (Å²) in [6.07, 6.45) is 2.25. The molecule has 0 fully saturated rings. The maximum atomic E-state index is 10.3. The van der Waals surface area contributed by atoms with E-state index in [-0.39, 0.29) is 10.6 Å². The number of rotatable bonds is 3. The van der Waals surface area contributed by atoms with E-state index in [4.69, 9.17) is 0 Å². The van der Waals surface area contributed by atoms with Crippen molar-refractivity contribution in [1.82, 2.24) is 0 Å². The van der Waals surface area contributed by atoms with E-state index < -0.39 is 0 Å². The molecule has 0 rings (SSSR count). The van der Waals surface area contributed by atoms with Crippen molar-refractivity contribution in [3.05, 3.63) is 12.7 Å². The first-order valence-electron chi connectivity index (χ1n) is 2.43. The average molecular weight is 177 g/mol. The standard InChI is InChI=1S/C6H9BrO/c1-3-6(7)4-5(2)8/h3,6H,1,4H2,2H3. The topological polar surface area (TPSA) is 17.1 Å². The number of halogens is 1. The van der Waals surface area contributed by atoms with Gasteiger partial charge < -0.3 is 0 Å². The van der Waals surface area contributed by atoms with Crippen molar-refractivity contribution in [3.8, 4) is 0 Å². The molecule has 0 heterocycles. The molecule has 0 spiro atoms. The summed E-state index contributed by atoms with van der Waals surface area (Å²) in [7, 11) is 0. The highest BCUT2D eigenvalue weighted by atomic mass is 79.9. The van der Waals surface area contributed by atoms with Crippen molar-refractivity contribution < 1.29 is 4.79 Å². The van der Waals surface area contributed by atoms with Gasteiger partial charge in [-0.15, -0.1) is 6.58 Å². The minimum absolute atomic E-state index is 0.153. The molecule has 1 unspecified atom stereocenters. The third-order valence-corrected chi connectivity index (χ3v) is 1.44. The van der Waals surface area contributed by atoms with E-state index in [1.807, 2.05) is 0 Å². The SMILES string of the molecule is C=CC(Br)CC(C)=O. The Kier molecular flexibility index (Phi) is 3.79. The summed E-state index contributed by atoms with van der Waals surface area (Å²) in [6.45, 7) is 5.08. The molecule has 0 amide bonds. The zero-order valence-electron chi connectivity index (χ0n) is 4.86. The van der Waals surface area contributed by atoms with Crippen LogP contribution in [0.5, 0.6) is 0 Å². The molecular formula is C6H9BrO. The van der Waals surface area contributed by atoms with E-state index in [2.05, 4.69) is 22.5 Å². The Labute approximate surface area is 57.9 Å². The minimum atomic E-state index is 0.153. The summed E-state index contributed by atoms with van der Waals surface area (Å²) in [5, 5.41) is 0. The fourth-order valence-corrected chi connectivity index (χ4v) is 0.814. The minimum Gasteiger partial charge on any atom is -0.300 e. The van der Waals surface area contributed by atoms with Crippen LogP contribution < -0.4 is 0 Å². The van der Waals surface area contributed by atoms with Gasteiger partial charge in [-0.2, -0.15) is 0 Å². The fourth-order valence-electron chi connectivity index (χ4n) is 0.358. The van der Waals surface area contributed by atoms with Gasteiger partial charge in [-0.3, -0.25) is 4.79 Å². The second-order valence-corrected chi connectivity index (χ2v) is 2.83. The van der Waals surface area contributed by atoms with Gasteiger partial charge in [-0.05, 0) is 6.92 Å². The van der Waals surface area contributed by atoms with E-state index in [0.29, 0.717) is 6.42 Å². The first kappa shape index (κ1) is 7.89. The van der Waals surface area contributed by atoms with Gasteiger partial charge in [0, 0.05) is 11.2 Å². The van der Waals surface area contributed by atoms with E-state index in [0.717, 1.165) is 0 Å². The number of ketones is 1. The lowest BCUT2D eigenvalue weighted by atomic mass is 10.2. The zero-order chi connectivity index (χ0) is 6.57. The van der Waals surface area contributed by atoms with Crippen LogP contribution in [0.3, 0.4) is 0 Å². The molecule has 0 N–H and O–H groups in total.